The van der Waals surface area contributed by atoms with Gasteiger partial charge in [-0.05, 0) is 43.3 Å². The average molecular weight is 429 g/mol. The van der Waals surface area contributed by atoms with Crippen molar-refractivity contribution in [3.63, 3.8) is 0 Å². The summed E-state index contributed by atoms with van der Waals surface area (Å²) < 4.78 is 33.7. The molecule has 2 aliphatic rings. The molecule has 150 valence electrons. The van der Waals surface area contributed by atoms with E-state index in [0.29, 0.717) is 13.2 Å². The van der Waals surface area contributed by atoms with Crippen LogP contribution >= 0.6 is 11.8 Å². The number of hydrogen-bond donors (Lipinski definition) is 2. The summed E-state index contributed by atoms with van der Waals surface area (Å²) in [5.41, 5.74) is 5.51. The topological polar surface area (TPSA) is 83.6 Å². The highest BCUT2D eigenvalue weighted by Crippen LogP contribution is 2.38. The van der Waals surface area contributed by atoms with Crippen LogP contribution in [0.4, 0.5) is 11.4 Å². The molecule has 0 amide bonds. The second-order valence-corrected chi connectivity index (χ2v) is 10.1. The van der Waals surface area contributed by atoms with Crippen LogP contribution in [-0.2, 0) is 14.8 Å². The molecule has 3 aromatic rings. The van der Waals surface area contributed by atoms with Crippen LogP contribution in [0.3, 0.4) is 0 Å². The van der Waals surface area contributed by atoms with E-state index >= 15 is 0 Å². The van der Waals surface area contributed by atoms with Crippen molar-refractivity contribution in [2.24, 2.45) is 0 Å². The van der Waals surface area contributed by atoms with Gasteiger partial charge in [-0.2, -0.15) is 0 Å². The number of ether oxygens (including phenoxy) is 1. The number of pyridine rings is 1. The largest absolute Gasteiger partial charge is 0.377 e. The van der Waals surface area contributed by atoms with Crippen LogP contribution in [-0.4, -0.2) is 38.0 Å². The van der Waals surface area contributed by atoms with Crippen molar-refractivity contribution in [1.82, 2.24) is 9.71 Å². The van der Waals surface area contributed by atoms with E-state index in [1.807, 2.05) is 25.1 Å². The van der Waals surface area contributed by atoms with Gasteiger partial charge < -0.3 is 4.74 Å². The Labute approximate surface area is 173 Å². The summed E-state index contributed by atoms with van der Waals surface area (Å²) in [6.45, 7) is 2.59. The Kier molecular flexibility index (Phi) is 4.43. The maximum absolute atomic E-state index is 12.9. The molecule has 0 saturated carbocycles. The molecule has 5 rings (SSSR count). The Morgan fingerprint density at radius 3 is 2.79 bits per heavy atom. The molecule has 0 aliphatic carbocycles. The molecular formula is C20H20N4O3S2. The highest BCUT2D eigenvalue weighted by molar-refractivity contribution is 7.99. The zero-order valence-electron chi connectivity index (χ0n) is 15.8. The lowest BCUT2D eigenvalue weighted by molar-refractivity contribution is -0.0523. The van der Waals surface area contributed by atoms with E-state index in [0.717, 1.165) is 28.2 Å². The Morgan fingerprint density at radius 1 is 1.17 bits per heavy atom. The second kappa shape index (κ2) is 6.88. The van der Waals surface area contributed by atoms with Crippen molar-refractivity contribution in [2.75, 3.05) is 29.5 Å². The van der Waals surface area contributed by atoms with E-state index < -0.39 is 15.6 Å². The molecule has 0 bridgehead atoms. The maximum Gasteiger partial charge on any atom is 0.241 e. The van der Waals surface area contributed by atoms with Crippen molar-refractivity contribution in [3.05, 3.63) is 54.7 Å². The number of nitrogens with zero attached hydrogens (tertiary/aromatic N) is 2. The number of nitrogens with one attached hydrogen (secondary N) is 2. The lowest BCUT2D eigenvalue weighted by atomic mass is 10.0. The van der Waals surface area contributed by atoms with Crippen LogP contribution in [0.5, 0.6) is 0 Å². The van der Waals surface area contributed by atoms with Crippen LogP contribution in [0.2, 0.25) is 0 Å². The zero-order chi connectivity index (χ0) is 20.1. The van der Waals surface area contributed by atoms with E-state index in [2.05, 4.69) is 32.3 Å². The van der Waals surface area contributed by atoms with Crippen LogP contribution in [0, 0.1) is 0 Å². The molecule has 2 N–H and O–H groups in total. The number of anilines is 2. The summed E-state index contributed by atoms with van der Waals surface area (Å²) in [7, 11) is -3.67. The van der Waals surface area contributed by atoms with Crippen LogP contribution in [0.15, 0.2) is 64.5 Å². The van der Waals surface area contributed by atoms with Crippen molar-refractivity contribution >= 4 is 44.1 Å². The molecule has 7 nitrogen and oxygen atoms in total. The van der Waals surface area contributed by atoms with E-state index in [9.17, 15) is 8.42 Å². The molecule has 0 spiro atoms. The molecule has 0 radical (unpaired) electrons. The van der Waals surface area contributed by atoms with Gasteiger partial charge in [-0.1, -0.05) is 12.1 Å². The lowest BCUT2D eigenvalue weighted by Gasteiger charge is -2.38. The van der Waals surface area contributed by atoms with Gasteiger partial charge in [-0.15, -0.1) is 11.8 Å². The van der Waals surface area contributed by atoms with Crippen LogP contribution < -0.4 is 15.2 Å². The quantitative estimate of drug-likeness (QED) is 0.646. The number of hydrazine groups is 1. The predicted octanol–water partition coefficient (Wildman–Crippen LogP) is 3.20. The SMILES string of the molecule is CC1(NS(=O)(=O)c2ccc3nccc(NN4CSc5ccccc54)c3c2)COC1. The van der Waals surface area contributed by atoms with Gasteiger partial charge in [0.25, 0.3) is 0 Å². The van der Waals surface area contributed by atoms with Gasteiger partial charge in [0.1, 0.15) is 0 Å². The standard InChI is InChI=1S/C20H20N4O3S2/c1-20(11-27-12-20)23-29(25,26)14-6-7-16-15(10-14)17(8-9-21-16)22-24-13-28-19-5-3-2-4-18(19)24/h2-10,23H,11-13H2,1H3,(H,21,22). The van der Waals surface area contributed by atoms with Crippen molar-refractivity contribution in [2.45, 2.75) is 22.3 Å². The predicted molar refractivity (Wildman–Crippen MR) is 115 cm³/mol. The summed E-state index contributed by atoms with van der Waals surface area (Å²) in [6, 6.07) is 15.0. The summed E-state index contributed by atoms with van der Waals surface area (Å²) >= 11 is 1.75. The Bertz CT molecular complexity index is 1200. The Morgan fingerprint density at radius 2 is 2.00 bits per heavy atom. The third kappa shape index (κ3) is 3.44. The molecule has 9 heteroatoms. The fourth-order valence-corrected chi connectivity index (χ4v) is 5.86. The number of hydrogen-bond acceptors (Lipinski definition) is 7. The molecule has 1 aromatic heterocycles. The number of sulfonamides is 1. The fraction of sp³-hybridized carbons (Fsp3) is 0.250. The Balaban J connectivity index is 1.50. The first-order chi connectivity index (χ1) is 13.9. The molecule has 1 fully saturated rings. The minimum Gasteiger partial charge on any atom is -0.377 e. The number of aromatic nitrogens is 1. The first kappa shape index (κ1) is 18.7. The molecule has 2 aromatic carbocycles. The zero-order valence-corrected chi connectivity index (χ0v) is 17.4. The summed E-state index contributed by atoms with van der Waals surface area (Å²) in [5, 5.41) is 2.81. The molecular weight excluding hydrogens is 408 g/mol. The molecule has 0 unspecified atom stereocenters. The van der Waals surface area contributed by atoms with Gasteiger partial charge in [0, 0.05) is 16.5 Å². The van der Waals surface area contributed by atoms with Gasteiger partial charge >= 0.3 is 0 Å². The number of fused-ring (bicyclic) bond motifs is 2. The molecule has 1 saturated heterocycles. The summed E-state index contributed by atoms with van der Waals surface area (Å²) in [6.07, 6.45) is 1.72. The minimum absolute atomic E-state index is 0.213. The van der Waals surface area contributed by atoms with Gasteiger partial charge in [-0.3, -0.25) is 15.4 Å². The van der Waals surface area contributed by atoms with Crippen LogP contribution in [0.1, 0.15) is 6.92 Å². The fourth-order valence-electron chi connectivity index (χ4n) is 3.48. The van der Waals surface area contributed by atoms with Gasteiger partial charge in [0.15, 0.2) is 0 Å². The molecule has 3 heterocycles. The number of benzene rings is 2. The smallest absolute Gasteiger partial charge is 0.241 e. The average Bonchev–Trinajstić information content (AvgIpc) is 3.09. The maximum atomic E-state index is 12.9. The first-order valence-electron chi connectivity index (χ1n) is 9.20. The minimum atomic E-state index is -3.67. The highest BCUT2D eigenvalue weighted by atomic mass is 32.2. The Hall–Kier alpha value is -2.33. The third-order valence-corrected chi connectivity index (χ3v) is 7.69. The summed E-state index contributed by atoms with van der Waals surface area (Å²) in [5.74, 6) is 0.765. The number of rotatable bonds is 5. The van der Waals surface area contributed by atoms with E-state index in [1.54, 1.807) is 36.2 Å². The first-order valence-corrected chi connectivity index (χ1v) is 11.7. The van der Waals surface area contributed by atoms with Gasteiger partial charge in [0.2, 0.25) is 10.0 Å². The molecule has 0 atom stereocenters. The van der Waals surface area contributed by atoms with Gasteiger partial charge in [0.05, 0.1) is 46.4 Å². The monoisotopic (exact) mass is 428 g/mol. The van der Waals surface area contributed by atoms with Crippen molar-refractivity contribution in [1.29, 1.82) is 0 Å². The van der Waals surface area contributed by atoms with E-state index in [-0.39, 0.29) is 4.90 Å². The second-order valence-electron chi connectivity index (χ2n) is 7.48. The van der Waals surface area contributed by atoms with Crippen molar-refractivity contribution in [3.8, 4) is 0 Å². The van der Waals surface area contributed by atoms with E-state index in [4.69, 9.17) is 4.74 Å². The normalized spacial score (nSPS) is 17.8. The van der Waals surface area contributed by atoms with Crippen molar-refractivity contribution < 1.29 is 13.2 Å². The molecule has 29 heavy (non-hydrogen) atoms. The number of thioether (sulfide) groups is 1. The highest BCUT2D eigenvalue weighted by Gasteiger charge is 2.37. The third-order valence-electron chi connectivity index (χ3n) is 5.01. The number of para-hydroxylation sites is 1. The van der Waals surface area contributed by atoms with Gasteiger partial charge in [-0.25, -0.2) is 13.1 Å². The van der Waals surface area contributed by atoms with E-state index in [1.165, 1.54) is 4.90 Å². The van der Waals surface area contributed by atoms with Crippen LogP contribution in [0.25, 0.3) is 10.9 Å². The lowest BCUT2D eigenvalue weighted by Crippen LogP contribution is -2.59. The molecule has 2 aliphatic heterocycles. The summed E-state index contributed by atoms with van der Waals surface area (Å²) in [4.78, 5) is 5.81.